The Morgan fingerprint density at radius 1 is 1.50 bits per heavy atom. The summed E-state index contributed by atoms with van der Waals surface area (Å²) in [7, 11) is 1.97. The first kappa shape index (κ1) is 13.5. The minimum atomic E-state index is -0.498. The lowest BCUT2D eigenvalue weighted by Crippen LogP contribution is -2.43. The van der Waals surface area contributed by atoms with Gasteiger partial charge in [0.1, 0.15) is 0 Å². The van der Waals surface area contributed by atoms with Gasteiger partial charge in [-0.05, 0) is 25.3 Å². The van der Waals surface area contributed by atoms with Gasteiger partial charge in [0.2, 0.25) is 5.91 Å². The van der Waals surface area contributed by atoms with E-state index in [1.165, 1.54) is 12.8 Å². The second kappa shape index (κ2) is 5.15. The number of carbonyl (C=O) groups excluding carboxylic acids is 1. The Bertz CT molecular complexity index is 244. The van der Waals surface area contributed by atoms with E-state index in [9.17, 15) is 9.90 Å². The highest BCUT2D eigenvalue weighted by Gasteiger charge is 2.27. The van der Waals surface area contributed by atoms with E-state index in [0.717, 1.165) is 0 Å². The molecule has 4 heteroatoms. The molecular formula is C12H24N2O2. The minimum absolute atomic E-state index is 0.00213. The normalized spacial score (nSPS) is 18.6. The van der Waals surface area contributed by atoms with Crippen molar-refractivity contribution in [3.63, 3.8) is 0 Å². The maximum absolute atomic E-state index is 11.6. The molecule has 1 rings (SSSR count). The number of hydrogen-bond donors (Lipinski definition) is 2. The summed E-state index contributed by atoms with van der Waals surface area (Å²) < 4.78 is 0. The van der Waals surface area contributed by atoms with Crippen LogP contribution in [0.15, 0.2) is 0 Å². The molecule has 0 bridgehead atoms. The molecule has 1 saturated carbocycles. The van der Waals surface area contributed by atoms with Gasteiger partial charge in [-0.1, -0.05) is 20.8 Å². The van der Waals surface area contributed by atoms with Crippen molar-refractivity contribution in [3.05, 3.63) is 0 Å². The van der Waals surface area contributed by atoms with Crippen molar-refractivity contribution < 1.29 is 9.90 Å². The smallest absolute Gasteiger partial charge is 0.234 e. The molecule has 0 saturated heterocycles. The van der Waals surface area contributed by atoms with Gasteiger partial charge >= 0.3 is 0 Å². The minimum Gasteiger partial charge on any atom is -0.391 e. The number of nitrogens with zero attached hydrogens (tertiary/aromatic N) is 1. The number of aliphatic hydroxyl groups excluding tert-OH is 1. The van der Waals surface area contributed by atoms with E-state index in [2.05, 4.69) is 10.2 Å². The highest BCUT2D eigenvalue weighted by atomic mass is 16.3. The van der Waals surface area contributed by atoms with E-state index in [4.69, 9.17) is 0 Å². The average Bonchev–Trinajstić information content (AvgIpc) is 2.95. The summed E-state index contributed by atoms with van der Waals surface area (Å²) >= 11 is 0. The number of rotatable bonds is 5. The van der Waals surface area contributed by atoms with Crippen molar-refractivity contribution in [2.75, 3.05) is 20.1 Å². The van der Waals surface area contributed by atoms with E-state index in [0.29, 0.717) is 19.1 Å². The lowest BCUT2D eigenvalue weighted by atomic mass is 9.89. The molecule has 0 spiro atoms. The number of carbonyl (C=O) groups is 1. The standard InChI is InChI=1S/C12H24N2O2/c1-12(2,3)10(15)7-13-11(16)8-14(4)9-5-6-9/h9-10,15H,5-8H2,1-4H3,(H,13,16). The SMILES string of the molecule is CN(CC(=O)NCC(O)C(C)(C)C)C1CC1. The molecule has 1 aliphatic carbocycles. The van der Waals surface area contributed by atoms with Crippen molar-refractivity contribution in [2.45, 2.75) is 45.8 Å². The van der Waals surface area contributed by atoms with Crippen LogP contribution in [0, 0.1) is 5.41 Å². The van der Waals surface area contributed by atoms with Crippen molar-refractivity contribution in [2.24, 2.45) is 5.41 Å². The van der Waals surface area contributed by atoms with Crippen LogP contribution in [0.2, 0.25) is 0 Å². The summed E-state index contributed by atoms with van der Waals surface area (Å²) in [4.78, 5) is 13.6. The average molecular weight is 228 g/mol. The van der Waals surface area contributed by atoms with Gasteiger partial charge in [-0.25, -0.2) is 0 Å². The van der Waals surface area contributed by atoms with Crippen LogP contribution in [0.3, 0.4) is 0 Å². The Labute approximate surface area is 98.0 Å². The molecule has 94 valence electrons. The van der Waals surface area contributed by atoms with E-state index in [1.807, 2.05) is 27.8 Å². The highest BCUT2D eigenvalue weighted by Crippen LogP contribution is 2.24. The largest absolute Gasteiger partial charge is 0.391 e. The Hall–Kier alpha value is -0.610. The molecule has 0 aromatic rings. The van der Waals surface area contributed by atoms with Crippen molar-refractivity contribution >= 4 is 5.91 Å². The fourth-order valence-electron chi connectivity index (χ4n) is 1.44. The fourth-order valence-corrected chi connectivity index (χ4v) is 1.44. The van der Waals surface area contributed by atoms with Crippen LogP contribution < -0.4 is 5.32 Å². The van der Waals surface area contributed by atoms with Crippen LogP contribution in [0.5, 0.6) is 0 Å². The molecular weight excluding hydrogens is 204 g/mol. The molecule has 1 unspecified atom stereocenters. The zero-order chi connectivity index (χ0) is 12.3. The third kappa shape index (κ3) is 4.49. The first-order valence-corrected chi connectivity index (χ1v) is 5.95. The summed E-state index contributed by atoms with van der Waals surface area (Å²) in [5.41, 5.74) is -0.185. The lowest BCUT2D eigenvalue weighted by molar-refractivity contribution is -0.122. The number of likely N-dealkylation sites (N-methyl/N-ethyl adjacent to an activating group) is 1. The zero-order valence-electron chi connectivity index (χ0n) is 10.8. The van der Waals surface area contributed by atoms with Gasteiger partial charge in [-0.3, -0.25) is 9.69 Å². The molecule has 1 aliphatic rings. The maximum atomic E-state index is 11.6. The van der Waals surface area contributed by atoms with Gasteiger partial charge in [0, 0.05) is 12.6 Å². The Morgan fingerprint density at radius 3 is 2.50 bits per heavy atom. The van der Waals surface area contributed by atoms with E-state index in [1.54, 1.807) is 0 Å². The summed E-state index contributed by atoms with van der Waals surface area (Å²) in [6, 6.07) is 0.596. The van der Waals surface area contributed by atoms with E-state index in [-0.39, 0.29) is 11.3 Å². The molecule has 1 amide bonds. The number of hydrogen-bond acceptors (Lipinski definition) is 3. The van der Waals surface area contributed by atoms with Gasteiger partial charge in [0.15, 0.2) is 0 Å². The van der Waals surface area contributed by atoms with Crippen LogP contribution in [0.4, 0.5) is 0 Å². The third-order valence-corrected chi connectivity index (χ3v) is 3.06. The number of aliphatic hydroxyl groups is 1. The maximum Gasteiger partial charge on any atom is 0.234 e. The molecule has 4 nitrogen and oxygen atoms in total. The Balaban J connectivity index is 2.19. The highest BCUT2D eigenvalue weighted by molar-refractivity contribution is 5.78. The predicted octanol–water partition coefficient (Wildman–Crippen LogP) is 0.604. The van der Waals surface area contributed by atoms with Gasteiger partial charge in [-0.2, -0.15) is 0 Å². The monoisotopic (exact) mass is 228 g/mol. The summed E-state index contributed by atoms with van der Waals surface area (Å²) in [5, 5.41) is 12.5. The Kier molecular flexibility index (Phi) is 4.33. The van der Waals surface area contributed by atoms with Crippen molar-refractivity contribution in [1.82, 2.24) is 10.2 Å². The van der Waals surface area contributed by atoms with Gasteiger partial charge in [-0.15, -0.1) is 0 Å². The molecule has 2 N–H and O–H groups in total. The van der Waals surface area contributed by atoms with Crippen LogP contribution in [0.25, 0.3) is 0 Å². The topological polar surface area (TPSA) is 52.6 Å². The van der Waals surface area contributed by atoms with Crippen LogP contribution in [-0.4, -0.2) is 48.2 Å². The van der Waals surface area contributed by atoms with Crippen LogP contribution in [-0.2, 0) is 4.79 Å². The molecule has 0 aromatic carbocycles. The molecule has 0 heterocycles. The number of nitrogens with one attached hydrogen (secondary N) is 1. The van der Waals surface area contributed by atoms with Gasteiger partial charge in [0.05, 0.1) is 12.6 Å². The molecule has 16 heavy (non-hydrogen) atoms. The number of amides is 1. The molecule has 0 aromatic heterocycles. The quantitative estimate of drug-likeness (QED) is 0.724. The van der Waals surface area contributed by atoms with Crippen LogP contribution >= 0.6 is 0 Å². The predicted molar refractivity (Wildman–Crippen MR) is 64.1 cm³/mol. The van der Waals surface area contributed by atoms with E-state index < -0.39 is 6.10 Å². The zero-order valence-corrected chi connectivity index (χ0v) is 10.8. The van der Waals surface area contributed by atoms with E-state index >= 15 is 0 Å². The Morgan fingerprint density at radius 2 is 2.06 bits per heavy atom. The van der Waals surface area contributed by atoms with Crippen LogP contribution in [0.1, 0.15) is 33.6 Å². The summed E-state index contributed by atoms with van der Waals surface area (Å²) in [6.45, 7) is 6.64. The lowest BCUT2D eigenvalue weighted by Gasteiger charge is -2.26. The first-order valence-electron chi connectivity index (χ1n) is 5.95. The molecule has 1 atom stereocenters. The van der Waals surface area contributed by atoms with Gasteiger partial charge in [0.25, 0.3) is 0 Å². The second-order valence-electron chi connectivity index (χ2n) is 5.83. The summed E-state index contributed by atoms with van der Waals surface area (Å²) in [5.74, 6) is -0.00213. The van der Waals surface area contributed by atoms with Crippen molar-refractivity contribution in [1.29, 1.82) is 0 Å². The fraction of sp³-hybridized carbons (Fsp3) is 0.917. The molecule has 0 radical (unpaired) electrons. The summed E-state index contributed by atoms with van der Waals surface area (Å²) in [6.07, 6.45) is 1.91. The second-order valence-corrected chi connectivity index (χ2v) is 5.83. The van der Waals surface area contributed by atoms with Gasteiger partial charge < -0.3 is 10.4 Å². The first-order chi connectivity index (χ1) is 7.30. The van der Waals surface area contributed by atoms with Crippen molar-refractivity contribution in [3.8, 4) is 0 Å². The molecule has 1 fully saturated rings. The molecule has 0 aliphatic heterocycles. The third-order valence-electron chi connectivity index (χ3n) is 3.06.